The highest BCUT2D eigenvalue weighted by atomic mass is 35.5. The zero-order chi connectivity index (χ0) is 16.4. The normalized spacial score (nSPS) is 12.9. The Balaban J connectivity index is 1.86. The lowest BCUT2D eigenvalue weighted by atomic mass is 10.0. The monoisotopic (exact) mass is 333 g/mol. The summed E-state index contributed by atoms with van der Waals surface area (Å²) in [4.78, 5) is 11.8. The van der Waals surface area contributed by atoms with Crippen molar-refractivity contribution >= 4 is 28.5 Å². The molecule has 0 aliphatic heterocycles. The maximum Gasteiger partial charge on any atom is 0.226 e. The van der Waals surface area contributed by atoms with Crippen molar-refractivity contribution in [1.82, 2.24) is 15.0 Å². The number of aromatic nitrogens is 3. The summed E-state index contributed by atoms with van der Waals surface area (Å²) >= 11 is 6.02. The lowest BCUT2D eigenvalue weighted by Gasteiger charge is -2.13. The van der Waals surface area contributed by atoms with Gasteiger partial charge >= 0.3 is 0 Å². The fourth-order valence-electron chi connectivity index (χ4n) is 2.35. The Morgan fingerprint density at radius 3 is 2.91 bits per heavy atom. The maximum absolute atomic E-state index is 6.15. The maximum atomic E-state index is 6.15. The molecule has 6 nitrogen and oxygen atoms in total. The number of nitrogens with one attached hydrogen (secondary N) is 2. The molecule has 3 aromatic heterocycles. The van der Waals surface area contributed by atoms with Gasteiger partial charge in [-0.1, -0.05) is 13.8 Å². The summed E-state index contributed by atoms with van der Waals surface area (Å²) in [6.45, 7) is 4.75. The van der Waals surface area contributed by atoms with Crippen molar-refractivity contribution in [3.05, 3.63) is 41.2 Å². The Bertz CT molecular complexity index is 781. The molecule has 0 saturated heterocycles. The number of nitrogens with two attached hydrogens (primary N) is 1. The van der Waals surface area contributed by atoms with E-state index in [2.05, 4.69) is 34.1 Å². The molecule has 1 unspecified atom stereocenters. The lowest BCUT2D eigenvalue weighted by Crippen LogP contribution is -2.28. The van der Waals surface area contributed by atoms with E-state index in [9.17, 15) is 0 Å². The molecular weight excluding hydrogens is 314 g/mol. The van der Waals surface area contributed by atoms with Crippen molar-refractivity contribution in [2.45, 2.75) is 32.9 Å². The predicted octanol–water partition coefficient (Wildman–Crippen LogP) is 3.34. The van der Waals surface area contributed by atoms with Crippen LogP contribution in [-0.2, 0) is 13.0 Å². The van der Waals surface area contributed by atoms with Crippen molar-refractivity contribution in [2.75, 3.05) is 5.32 Å². The molecule has 1 atom stereocenters. The molecule has 0 bridgehead atoms. The molecule has 23 heavy (non-hydrogen) atoms. The lowest BCUT2D eigenvalue weighted by molar-refractivity contribution is 0.487. The van der Waals surface area contributed by atoms with E-state index in [1.807, 2.05) is 18.2 Å². The third kappa shape index (κ3) is 3.65. The third-order valence-corrected chi connectivity index (χ3v) is 4.01. The van der Waals surface area contributed by atoms with Crippen LogP contribution in [0.15, 0.2) is 28.9 Å². The minimum atomic E-state index is 0.0889. The minimum absolute atomic E-state index is 0.0889. The van der Waals surface area contributed by atoms with Gasteiger partial charge in [-0.15, -0.1) is 0 Å². The number of hydrogen-bond donors (Lipinski definition) is 3. The van der Waals surface area contributed by atoms with Gasteiger partial charge in [-0.2, -0.15) is 4.98 Å². The molecular formula is C16H20ClN5O. The number of furan rings is 1. The topological polar surface area (TPSA) is 92.8 Å². The second kappa shape index (κ2) is 6.60. The number of hydrogen-bond acceptors (Lipinski definition) is 5. The molecule has 0 aromatic carbocycles. The van der Waals surface area contributed by atoms with Crippen LogP contribution in [0.3, 0.4) is 0 Å². The highest BCUT2D eigenvalue weighted by Gasteiger charge is 2.14. The first-order chi connectivity index (χ1) is 11.0. The molecule has 0 aliphatic carbocycles. The SMILES string of the molecule is CC(C)C(N)Cc1cc2c(NCc3ccco3)nc(Cl)nc2[nH]1. The second-order valence-electron chi connectivity index (χ2n) is 5.94. The summed E-state index contributed by atoms with van der Waals surface area (Å²) in [5.74, 6) is 1.91. The van der Waals surface area contributed by atoms with Crippen LogP contribution in [0.1, 0.15) is 25.3 Å². The third-order valence-electron chi connectivity index (χ3n) is 3.84. The van der Waals surface area contributed by atoms with Gasteiger partial charge < -0.3 is 20.5 Å². The zero-order valence-corrected chi connectivity index (χ0v) is 13.9. The highest BCUT2D eigenvalue weighted by molar-refractivity contribution is 6.28. The first-order valence-electron chi connectivity index (χ1n) is 7.60. The van der Waals surface area contributed by atoms with Gasteiger partial charge in [0.1, 0.15) is 17.2 Å². The van der Waals surface area contributed by atoms with Gasteiger partial charge in [0.05, 0.1) is 18.2 Å². The van der Waals surface area contributed by atoms with Crippen LogP contribution in [0.2, 0.25) is 5.28 Å². The summed E-state index contributed by atoms with van der Waals surface area (Å²) in [5, 5.41) is 4.33. The Labute approximate surface area is 139 Å². The highest BCUT2D eigenvalue weighted by Crippen LogP contribution is 2.24. The van der Waals surface area contributed by atoms with Crippen molar-refractivity contribution < 1.29 is 4.42 Å². The summed E-state index contributed by atoms with van der Waals surface area (Å²) in [7, 11) is 0. The fraction of sp³-hybridized carbons (Fsp3) is 0.375. The first-order valence-corrected chi connectivity index (χ1v) is 7.97. The number of rotatable bonds is 6. The molecule has 3 aromatic rings. The van der Waals surface area contributed by atoms with Gasteiger partial charge in [0.15, 0.2) is 0 Å². The van der Waals surface area contributed by atoms with Crippen molar-refractivity contribution in [1.29, 1.82) is 0 Å². The number of aromatic amines is 1. The average molecular weight is 334 g/mol. The molecule has 122 valence electrons. The van der Waals surface area contributed by atoms with Gasteiger partial charge in [-0.25, -0.2) is 4.98 Å². The fourth-order valence-corrected chi connectivity index (χ4v) is 2.52. The van der Waals surface area contributed by atoms with Crippen molar-refractivity contribution in [2.24, 2.45) is 11.7 Å². The molecule has 3 heterocycles. The zero-order valence-electron chi connectivity index (χ0n) is 13.1. The number of fused-ring (bicyclic) bond motifs is 1. The number of nitrogens with zero attached hydrogens (tertiary/aromatic N) is 2. The van der Waals surface area contributed by atoms with Crippen LogP contribution >= 0.6 is 11.6 Å². The van der Waals surface area contributed by atoms with Gasteiger partial charge in [0, 0.05) is 18.2 Å². The van der Waals surface area contributed by atoms with E-state index in [1.165, 1.54) is 0 Å². The Kier molecular flexibility index (Phi) is 4.54. The van der Waals surface area contributed by atoms with Crippen molar-refractivity contribution in [3.63, 3.8) is 0 Å². The van der Waals surface area contributed by atoms with E-state index >= 15 is 0 Å². The molecule has 0 saturated carbocycles. The Morgan fingerprint density at radius 1 is 1.39 bits per heavy atom. The second-order valence-corrected chi connectivity index (χ2v) is 6.28. The quantitative estimate of drug-likeness (QED) is 0.601. The van der Waals surface area contributed by atoms with E-state index < -0.39 is 0 Å². The van der Waals surface area contributed by atoms with E-state index in [0.717, 1.165) is 23.3 Å². The Morgan fingerprint density at radius 2 is 2.22 bits per heavy atom. The predicted molar refractivity (Wildman–Crippen MR) is 91.5 cm³/mol. The average Bonchev–Trinajstić information content (AvgIpc) is 3.13. The van der Waals surface area contributed by atoms with Crippen molar-refractivity contribution in [3.8, 4) is 0 Å². The smallest absolute Gasteiger partial charge is 0.226 e. The molecule has 4 N–H and O–H groups in total. The minimum Gasteiger partial charge on any atom is -0.467 e. The molecule has 3 rings (SSSR count). The summed E-state index contributed by atoms with van der Waals surface area (Å²) in [5.41, 5.74) is 7.88. The number of anilines is 1. The van der Waals surface area contributed by atoms with Gasteiger partial charge in [-0.05, 0) is 35.7 Å². The standard InChI is InChI=1S/C16H20ClN5O/c1-9(2)13(18)7-10-6-12-14(19-8-11-4-3-5-23-11)21-16(17)22-15(12)20-10/h3-6,9,13H,7-8,18H2,1-2H3,(H2,19,20,21,22). The Hall–Kier alpha value is -2.05. The van der Waals surface area contributed by atoms with Crippen LogP contribution < -0.4 is 11.1 Å². The van der Waals surface area contributed by atoms with Crippen LogP contribution in [0, 0.1) is 5.92 Å². The van der Waals surface area contributed by atoms with Gasteiger partial charge in [0.2, 0.25) is 5.28 Å². The van der Waals surface area contributed by atoms with E-state index in [0.29, 0.717) is 23.9 Å². The number of H-pyrrole nitrogens is 1. The molecule has 0 amide bonds. The molecule has 0 radical (unpaired) electrons. The van der Waals surface area contributed by atoms with Crippen LogP contribution in [0.4, 0.5) is 5.82 Å². The largest absolute Gasteiger partial charge is 0.467 e. The molecule has 0 spiro atoms. The van der Waals surface area contributed by atoms with Crippen LogP contribution in [0.5, 0.6) is 0 Å². The van der Waals surface area contributed by atoms with Crippen LogP contribution in [-0.4, -0.2) is 21.0 Å². The summed E-state index contributed by atoms with van der Waals surface area (Å²) in [6, 6.07) is 5.86. The van der Waals surface area contributed by atoms with Gasteiger partial charge in [-0.3, -0.25) is 0 Å². The van der Waals surface area contributed by atoms with Crippen LogP contribution in [0.25, 0.3) is 11.0 Å². The molecule has 0 fully saturated rings. The molecule has 0 aliphatic rings. The molecule has 7 heteroatoms. The van der Waals surface area contributed by atoms with Gasteiger partial charge in [0.25, 0.3) is 0 Å². The summed E-state index contributed by atoms with van der Waals surface area (Å²) in [6.07, 6.45) is 2.39. The summed E-state index contributed by atoms with van der Waals surface area (Å²) < 4.78 is 5.32. The van der Waals surface area contributed by atoms with E-state index in [1.54, 1.807) is 6.26 Å². The first kappa shape index (κ1) is 15.8. The number of halogens is 1. The van der Waals surface area contributed by atoms with E-state index in [-0.39, 0.29) is 11.3 Å². The van der Waals surface area contributed by atoms with E-state index in [4.69, 9.17) is 21.8 Å².